The molecule has 0 spiro atoms. The van der Waals surface area contributed by atoms with Crippen molar-refractivity contribution in [3.05, 3.63) is 53.6 Å². The highest BCUT2D eigenvalue weighted by Gasteiger charge is 2.29. The van der Waals surface area contributed by atoms with Gasteiger partial charge in [0.25, 0.3) is 5.91 Å². The van der Waals surface area contributed by atoms with Gasteiger partial charge in [0.05, 0.1) is 7.11 Å². The third-order valence-corrected chi connectivity index (χ3v) is 5.91. The molecule has 0 bridgehead atoms. The van der Waals surface area contributed by atoms with E-state index in [1.54, 1.807) is 36.3 Å². The number of amides is 3. The van der Waals surface area contributed by atoms with Crippen LogP contribution in [0.3, 0.4) is 0 Å². The van der Waals surface area contributed by atoms with Gasteiger partial charge in [-0.15, -0.1) is 0 Å². The van der Waals surface area contributed by atoms with E-state index in [9.17, 15) is 9.59 Å². The average Bonchev–Trinajstić information content (AvgIpc) is 3.20. The molecule has 7 nitrogen and oxygen atoms in total. The Morgan fingerprint density at radius 1 is 1.03 bits per heavy atom. The lowest BCUT2D eigenvalue weighted by atomic mass is 10.0. The number of carbonyl (C=O) groups excluding carboxylic acids is 2. The molecule has 4 rings (SSSR count). The summed E-state index contributed by atoms with van der Waals surface area (Å²) in [4.78, 5) is 29.7. The maximum Gasteiger partial charge on any atom is 0.326 e. The monoisotopic (exact) mass is 408 g/mol. The van der Waals surface area contributed by atoms with Crippen molar-refractivity contribution in [1.29, 1.82) is 0 Å². The van der Waals surface area contributed by atoms with Gasteiger partial charge in [-0.25, -0.2) is 4.79 Å². The smallest absolute Gasteiger partial charge is 0.326 e. The van der Waals surface area contributed by atoms with Crippen molar-refractivity contribution in [2.75, 3.05) is 44.0 Å². The molecule has 2 aliphatic heterocycles. The van der Waals surface area contributed by atoms with Crippen molar-refractivity contribution in [2.45, 2.75) is 25.3 Å². The van der Waals surface area contributed by atoms with Crippen LogP contribution in [0.15, 0.2) is 42.5 Å². The molecule has 1 saturated heterocycles. The molecule has 1 fully saturated rings. The Hall–Kier alpha value is -3.06. The lowest BCUT2D eigenvalue weighted by Gasteiger charge is -2.29. The Morgan fingerprint density at radius 3 is 2.47 bits per heavy atom. The van der Waals surface area contributed by atoms with Gasteiger partial charge in [0.15, 0.2) is 0 Å². The summed E-state index contributed by atoms with van der Waals surface area (Å²) in [6, 6.07) is 12.8. The summed E-state index contributed by atoms with van der Waals surface area (Å²) in [5.41, 5.74) is 3.11. The van der Waals surface area contributed by atoms with E-state index in [-0.39, 0.29) is 18.0 Å². The predicted molar refractivity (Wildman–Crippen MR) is 117 cm³/mol. The number of carbonyl (C=O) groups is 2. The first-order valence-corrected chi connectivity index (χ1v) is 10.4. The fraction of sp³-hybridized carbons (Fsp3) is 0.391. The van der Waals surface area contributed by atoms with Crippen LogP contribution in [-0.4, -0.2) is 56.7 Å². The number of urea groups is 1. The second kappa shape index (κ2) is 8.75. The summed E-state index contributed by atoms with van der Waals surface area (Å²) in [7, 11) is 3.71. The molecule has 0 aromatic heterocycles. The number of ether oxygens (including phenoxy) is 1. The number of benzene rings is 2. The maximum atomic E-state index is 12.9. The van der Waals surface area contributed by atoms with Gasteiger partial charge in [-0.3, -0.25) is 9.69 Å². The number of piperidine rings is 1. The molecule has 2 N–H and O–H groups in total. The SMILES string of the molecule is COc1ccc(NC(=O)N2CCc3c(C(=O)NC4CCN(C)CC4)cccc32)cc1. The Balaban J connectivity index is 1.45. The lowest BCUT2D eigenvalue weighted by Crippen LogP contribution is -2.43. The number of anilines is 2. The molecule has 0 aliphatic carbocycles. The number of rotatable bonds is 4. The van der Waals surface area contributed by atoms with Gasteiger partial charge in [0.2, 0.25) is 0 Å². The molecule has 3 amide bonds. The Labute approximate surface area is 177 Å². The standard InChI is InChI=1S/C23H28N4O3/c1-26-13-10-17(11-14-26)24-22(28)20-4-3-5-21-19(20)12-15-27(21)23(29)25-16-6-8-18(30-2)9-7-16/h3-9,17H,10-15H2,1-2H3,(H,24,28)(H,25,29). The summed E-state index contributed by atoms with van der Waals surface area (Å²) in [5, 5.41) is 6.10. The van der Waals surface area contributed by atoms with Crippen LogP contribution in [0.25, 0.3) is 0 Å². The van der Waals surface area contributed by atoms with Gasteiger partial charge >= 0.3 is 6.03 Å². The normalized spacial score (nSPS) is 16.8. The van der Waals surface area contributed by atoms with Gasteiger partial charge in [0.1, 0.15) is 5.75 Å². The molecule has 2 heterocycles. The molecular formula is C23H28N4O3. The van der Waals surface area contributed by atoms with Crippen molar-refractivity contribution < 1.29 is 14.3 Å². The molecule has 0 saturated carbocycles. The summed E-state index contributed by atoms with van der Waals surface area (Å²) < 4.78 is 5.15. The minimum Gasteiger partial charge on any atom is -0.497 e. The molecule has 0 unspecified atom stereocenters. The average molecular weight is 409 g/mol. The van der Waals surface area contributed by atoms with Gasteiger partial charge in [0, 0.05) is 29.5 Å². The van der Waals surface area contributed by atoms with Crippen LogP contribution in [0.2, 0.25) is 0 Å². The molecule has 0 radical (unpaired) electrons. The highest BCUT2D eigenvalue weighted by molar-refractivity contribution is 6.05. The van der Waals surface area contributed by atoms with Crippen molar-refractivity contribution in [2.24, 2.45) is 0 Å². The second-order valence-electron chi connectivity index (χ2n) is 7.91. The third kappa shape index (κ3) is 4.26. The van der Waals surface area contributed by atoms with Crippen LogP contribution in [0, 0.1) is 0 Å². The minimum atomic E-state index is -0.202. The molecular weight excluding hydrogens is 380 g/mol. The zero-order chi connectivity index (χ0) is 21.1. The van der Waals surface area contributed by atoms with Crippen molar-refractivity contribution >= 4 is 23.3 Å². The van der Waals surface area contributed by atoms with Crippen LogP contribution in [-0.2, 0) is 6.42 Å². The molecule has 2 aromatic carbocycles. The van der Waals surface area contributed by atoms with Gasteiger partial charge in [-0.05, 0) is 81.4 Å². The van der Waals surface area contributed by atoms with Crippen LogP contribution in [0.5, 0.6) is 5.75 Å². The fourth-order valence-electron chi connectivity index (χ4n) is 4.14. The minimum absolute atomic E-state index is 0.0428. The number of hydrogen-bond donors (Lipinski definition) is 2. The van der Waals surface area contributed by atoms with Gasteiger partial charge in [-0.1, -0.05) is 6.07 Å². The number of nitrogens with one attached hydrogen (secondary N) is 2. The van der Waals surface area contributed by atoms with Crippen molar-refractivity contribution in [3.8, 4) is 5.75 Å². The zero-order valence-electron chi connectivity index (χ0n) is 17.5. The number of nitrogens with zero attached hydrogens (tertiary/aromatic N) is 2. The van der Waals surface area contributed by atoms with E-state index in [4.69, 9.17) is 4.74 Å². The van der Waals surface area contributed by atoms with Crippen LogP contribution in [0.1, 0.15) is 28.8 Å². The quantitative estimate of drug-likeness (QED) is 0.815. The summed E-state index contributed by atoms with van der Waals surface area (Å²) in [5.74, 6) is 0.693. The third-order valence-electron chi connectivity index (χ3n) is 5.91. The molecule has 2 aliphatic rings. The van der Waals surface area contributed by atoms with Crippen LogP contribution in [0.4, 0.5) is 16.2 Å². The second-order valence-corrected chi connectivity index (χ2v) is 7.91. The van der Waals surface area contributed by atoms with E-state index in [2.05, 4.69) is 22.6 Å². The summed E-state index contributed by atoms with van der Waals surface area (Å²) >= 11 is 0. The molecule has 30 heavy (non-hydrogen) atoms. The van der Waals surface area contributed by atoms with Crippen LogP contribution >= 0.6 is 0 Å². The van der Waals surface area contributed by atoms with E-state index in [1.165, 1.54) is 0 Å². The first-order chi connectivity index (χ1) is 14.5. The first-order valence-electron chi connectivity index (χ1n) is 10.4. The summed E-state index contributed by atoms with van der Waals surface area (Å²) in [6.07, 6.45) is 2.60. The Kier molecular flexibility index (Phi) is 5.90. The van der Waals surface area contributed by atoms with E-state index in [0.717, 1.165) is 42.9 Å². The molecule has 158 valence electrons. The molecule has 7 heteroatoms. The van der Waals surface area contributed by atoms with Crippen molar-refractivity contribution in [3.63, 3.8) is 0 Å². The topological polar surface area (TPSA) is 73.9 Å². The number of methoxy groups -OCH3 is 1. The van der Waals surface area contributed by atoms with E-state index >= 15 is 0 Å². The Morgan fingerprint density at radius 2 is 1.77 bits per heavy atom. The van der Waals surface area contributed by atoms with Gasteiger partial charge in [-0.2, -0.15) is 0 Å². The van der Waals surface area contributed by atoms with E-state index in [0.29, 0.717) is 24.2 Å². The van der Waals surface area contributed by atoms with E-state index < -0.39 is 0 Å². The number of fused-ring (bicyclic) bond motifs is 1. The fourth-order valence-corrected chi connectivity index (χ4v) is 4.14. The maximum absolute atomic E-state index is 12.9. The summed E-state index contributed by atoms with van der Waals surface area (Å²) in [6.45, 7) is 2.55. The zero-order valence-corrected chi connectivity index (χ0v) is 17.5. The first kappa shape index (κ1) is 20.2. The Bertz CT molecular complexity index is 921. The predicted octanol–water partition coefficient (Wildman–Crippen LogP) is 3.11. The number of likely N-dealkylation sites (tertiary alicyclic amines) is 1. The van der Waals surface area contributed by atoms with E-state index in [1.807, 2.05) is 18.2 Å². The lowest BCUT2D eigenvalue weighted by molar-refractivity contribution is 0.0916. The van der Waals surface area contributed by atoms with Crippen molar-refractivity contribution in [1.82, 2.24) is 10.2 Å². The molecule has 0 atom stereocenters. The number of hydrogen-bond acceptors (Lipinski definition) is 4. The largest absolute Gasteiger partial charge is 0.497 e. The van der Waals surface area contributed by atoms with Crippen LogP contribution < -0.4 is 20.3 Å². The molecule has 2 aromatic rings. The highest BCUT2D eigenvalue weighted by Crippen LogP contribution is 2.31. The highest BCUT2D eigenvalue weighted by atomic mass is 16.5. The van der Waals surface area contributed by atoms with Gasteiger partial charge < -0.3 is 20.3 Å².